The third kappa shape index (κ3) is 2.92. The summed E-state index contributed by atoms with van der Waals surface area (Å²) in [4.78, 5) is 22.9. The Morgan fingerprint density at radius 2 is 1.44 bits per heavy atom. The van der Waals surface area contributed by atoms with Crippen molar-refractivity contribution < 1.29 is 36.7 Å². The normalized spacial score (nSPS) is 13.8. The van der Waals surface area contributed by atoms with E-state index in [1.54, 1.807) is 0 Å². The molecule has 1 atom stereocenters. The molecule has 0 spiro atoms. The average molecular weight is 359 g/mol. The van der Waals surface area contributed by atoms with Crippen LogP contribution in [0.3, 0.4) is 0 Å². The monoisotopic (exact) mass is 359 g/mol. The molecule has 0 aliphatic heterocycles. The molecule has 0 aliphatic carbocycles. The first-order valence-electron chi connectivity index (χ1n) is 6.74. The summed E-state index contributed by atoms with van der Waals surface area (Å²) in [5, 5.41) is 7.65. The number of aliphatic carboxylic acids is 1. The summed E-state index contributed by atoms with van der Waals surface area (Å²) in [6.07, 6.45) is 0. The molecule has 0 saturated carbocycles. The number of hydrogen-bond acceptors (Lipinski definition) is 2. The molecule has 25 heavy (non-hydrogen) atoms. The Bertz CT molecular complexity index is 799. The molecule has 0 saturated heterocycles. The van der Waals surface area contributed by atoms with Gasteiger partial charge in [0, 0.05) is 5.56 Å². The zero-order valence-corrected chi connectivity index (χ0v) is 12.3. The van der Waals surface area contributed by atoms with Gasteiger partial charge in [0.1, 0.15) is 11.5 Å². The molecular weight excluding hydrogens is 349 g/mol. The molecular formula is C16H10F5NO3. The lowest BCUT2D eigenvalue weighted by atomic mass is 9.88. The van der Waals surface area contributed by atoms with E-state index < -0.39 is 45.7 Å². The standard InChI is InChI=1S/C16H10F5NO3/c17-11-8-4-5-9-12(11)22(21)13(23)16(19,20)15(18,14(24)25)10-6-2-1-3-7-10/h1-9H,(H,24,25). The Kier molecular flexibility index (Phi) is 4.78. The second kappa shape index (κ2) is 6.50. The van der Waals surface area contributed by atoms with Crippen molar-refractivity contribution in [2.75, 3.05) is 5.12 Å². The Labute approximate surface area is 138 Å². The second-order valence-corrected chi connectivity index (χ2v) is 4.94. The van der Waals surface area contributed by atoms with Crippen LogP contribution in [0.25, 0.3) is 0 Å². The van der Waals surface area contributed by atoms with Crippen molar-refractivity contribution in [2.24, 2.45) is 0 Å². The Hall–Kier alpha value is -2.97. The summed E-state index contributed by atoms with van der Waals surface area (Å²) < 4.78 is 71.0. The second-order valence-electron chi connectivity index (χ2n) is 4.94. The van der Waals surface area contributed by atoms with Crippen molar-refractivity contribution >= 4 is 17.6 Å². The van der Waals surface area contributed by atoms with Crippen molar-refractivity contribution in [2.45, 2.75) is 11.6 Å². The van der Waals surface area contributed by atoms with Crippen LogP contribution in [0.4, 0.5) is 27.7 Å². The third-order valence-corrected chi connectivity index (χ3v) is 3.41. The number of anilines is 1. The van der Waals surface area contributed by atoms with Crippen LogP contribution < -0.4 is 5.12 Å². The number of carbonyl (C=O) groups excluding carboxylic acids is 1. The number of benzene rings is 2. The molecule has 0 aliphatic rings. The smallest absolute Gasteiger partial charge is 0.375 e. The lowest BCUT2D eigenvalue weighted by Gasteiger charge is -2.30. The first-order chi connectivity index (χ1) is 11.6. The summed E-state index contributed by atoms with van der Waals surface area (Å²) in [7, 11) is 0. The van der Waals surface area contributed by atoms with E-state index in [4.69, 9.17) is 5.11 Å². The van der Waals surface area contributed by atoms with E-state index in [0.717, 1.165) is 24.3 Å². The van der Waals surface area contributed by atoms with Gasteiger partial charge in [0.05, 0.1) is 0 Å². The predicted molar refractivity (Wildman–Crippen MR) is 76.8 cm³/mol. The van der Waals surface area contributed by atoms with Gasteiger partial charge >= 0.3 is 23.5 Å². The number of carbonyl (C=O) groups is 2. The minimum Gasteiger partial charge on any atom is -0.478 e. The van der Waals surface area contributed by atoms with Gasteiger partial charge in [-0.3, -0.25) is 4.79 Å². The number of amides is 1. The molecule has 0 fully saturated rings. The van der Waals surface area contributed by atoms with Gasteiger partial charge in [-0.1, -0.05) is 46.9 Å². The maximum Gasteiger partial charge on any atom is 0.375 e. The van der Waals surface area contributed by atoms with E-state index in [2.05, 4.69) is 0 Å². The Balaban J connectivity index is 2.52. The highest BCUT2D eigenvalue weighted by molar-refractivity contribution is 6.01. The van der Waals surface area contributed by atoms with Gasteiger partial charge in [0.25, 0.3) is 0 Å². The zero-order valence-electron chi connectivity index (χ0n) is 12.3. The van der Waals surface area contributed by atoms with Gasteiger partial charge in [-0.15, -0.1) is 5.12 Å². The molecule has 2 rings (SSSR count). The highest BCUT2D eigenvalue weighted by atomic mass is 19.3. The van der Waals surface area contributed by atoms with E-state index in [1.165, 1.54) is 6.07 Å². The van der Waals surface area contributed by atoms with Gasteiger partial charge < -0.3 is 5.11 Å². The van der Waals surface area contributed by atoms with E-state index in [0.29, 0.717) is 24.3 Å². The SMILES string of the molecule is O=C(N(F)c1ccccc1F)C(F)(F)C(F)(C(=O)O)c1ccccc1. The average Bonchev–Trinajstić information content (AvgIpc) is 2.60. The van der Waals surface area contributed by atoms with Crippen LogP contribution in [0.2, 0.25) is 0 Å². The predicted octanol–water partition coefficient (Wildman–Crippen LogP) is 3.63. The van der Waals surface area contributed by atoms with Crippen molar-refractivity contribution in [1.29, 1.82) is 0 Å². The number of carboxylic acids is 1. The largest absolute Gasteiger partial charge is 0.478 e. The number of para-hydroxylation sites is 1. The van der Waals surface area contributed by atoms with E-state index >= 15 is 0 Å². The van der Waals surface area contributed by atoms with E-state index in [1.807, 2.05) is 0 Å². The summed E-state index contributed by atoms with van der Waals surface area (Å²) in [6.45, 7) is 0. The molecule has 2 aromatic carbocycles. The van der Waals surface area contributed by atoms with E-state index in [9.17, 15) is 31.6 Å². The van der Waals surface area contributed by atoms with Crippen LogP contribution in [0, 0.1) is 5.82 Å². The lowest BCUT2D eigenvalue weighted by molar-refractivity contribution is -0.194. The van der Waals surface area contributed by atoms with E-state index in [-0.39, 0.29) is 0 Å². The Morgan fingerprint density at radius 3 is 1.96 bits per heavy atom. The number of nitrogens with zero attached hydrogens (tertiary/aromatic N) is 1. The maximum atomic E-state index is 14.8. The highest BCUT2D eigenvalue weighted by Gasteiger charge is 2.68. The third-order valence-electron chi connectivity index (χ3n) is 3.41. The van der Waals surface area contributed by atoms with Crippen LogP contribution in [-0.2, 0) is 15.3 Å². The number of halogens is 5. The van der Waals surface area contributed by atoms with Gasteiger partial charge in [0.2, 0.25) is 0 Å². The maximum absolute atomic E-state index is 14.8. The first kappa shape index (κ1) is 18.4. The van der Waals surface area contributed by atoms with Gasteiger partial charge in [-0.2, -0.15) is 8.78 Å². The molecule has 2 aromatic rings. The van der Waals surface area contributed by atoms with Crippen LogP contribution in [0.5, 0.6) is 0 Å². The molecule has 1 unspecified atom stereocenters. The highest BCUT2D eigenvalue weighted by Crippen LogP contribution is 2.44. The fourth-order valence-corrected chi connectivity index (χ4v) is 2.10. The topological polar surface area (TPSA) is 57.6 Å². The molecule has 1 N–H and O–H groups in total. The molecule has 0 aromatic heterocycles. The molecule has 0 bridgehead atoms. The summed E-state index contributed by atoms with van der Waals surface area (Å²) >= 11 is 0. The Morgan fingerprint density at radius 1 is 0.920 bits per heavy atom. The van der Waals surface area contributed by atoms with Crippen LogP contribution >= 0.6 is 0 Å². The molecule has 4 nitrogen and oxygen atoms in total. The molecule has 1 amide bonds. The lowest BCUT2D eigenvalue weighted by Crippen LogP contribution is -2.56. The fourth-order valence-electron chi connectivity index (χ4n) is 2.10. The fraction of sp³-hybridized carbons (Fsp3) is 0.125. The number of hydrogen-bond donors (Lipinski definition) is 1. The van der Waals surface area contributed by atoms with Crippen molar-refractivity contribution in [1.82, 2.24) is 0 Å². The number of rotatable bonds is 5. The van der Waals surface area contributed by atoms with Gasteiger partial charge in [-0.25, -0.2) is 13.6 Å². The van der Waals surface area contributed by atoms with Gasteiger partial charge in [0.15, 0.2) is 0 Å². The van der Waals surface area contributed by atoms with Crippen LogP contribution in [-0.4, -0.2) is 22.9 Å². The summed E-state index contributed by atoms with van der Waals surface area (Å²) in [5.74, 6) is -12.3. The molecule has 9 heteroatoms. The molecule has 0 radical (unpaired) electrons. The van der Waals surface area contributed by atoms with Crippen molar-refractivity contribution in [3.63, 3.8) is 0 Å². The number of alkyl halides is 3. The van der Waals surface area contributed by atoms with Crippen LogP contribution in [0.15, 0.2) is 54.6 Å². The summed E-state index contributed by atoms with van der Waals surface area (Å²) in [5.41, 5.74) is -6.82. The zero-order chi connectivity index (χ0) is 18.8. The molecule has 132 valence electrons. The number of carboxylic acid groups (broad SMARTS) is 1. The minimum atomic E-state index is -5.36. The molecule has 0 heterocycles. The van der Waals surface area contributed by atoms with Crippen molar-refractivity contribution in [3.05, 3.63) is 66.0 Å². The minimum absolute atomic E-state index is 0.659. The van der Waals surface area contributed by atoms with Crippen molar-refractivity contribution in [3.8, 4) is 0 Å². The van der Waals surface area contributed by atoms with Gasteiger partial charge in [-0.05, 0) is 12.1 Å². The summed E-state index contributed by atoms with van der Waals surface area (Å²) in [6, 6.07) is 8.35. The van der Waals surface area contributed by atoms with Crippen LogP contribution in [0.1, 0.15) is 5.56 Å². The first-order valence-corrected chi connectivity index (χ1v) is 6.74. The quantitative estimate of drug-likeness (QED) is 0.655.